The number of esters is 2. The molecular weight excluding hydrogens is 773 g/mol. The third-order valence-electron chi connectivity index (χ3n) is 10.2. The van der Waals surface area contributed by atoms with Crippen LogP contribution in [0.3, 0.4) is 0 Å². The molecule has 340 valence electrons. The van der Waals surface area contributed by atoms with Crippen LogP contribution in [0.5, 0.6) is 0 Å². The normalized spacial score (nSPS) is 19.7. The van der Waals surface area contributed by atoms with Gasteiger partial charge in [-0.05, 0) is 70.1 Å². The minimum Gasteiger partial charge on any atom is -0.462 e. The van der Waals surface area contributed by atoms with E-state index < -0.39 is 50.6 Å². The smallest absolute Gasteiger partial charge is 0.462 e. The van der Waals surface area contributed by atoms with Crippen molar-refractivity contribution >= 4 is 25.5 Å². The van der Waals surface area contributed by atoms with E-state index in [4.69, 9.17) is 18.5 Å². The highest BCUT2D eigenvalue weighted by Gasteiger charge is 2.39. The molecule has 0 aromatic carbocycles. The van der Waals surface area contributed by atoms with Crippen molar-refractivity contribution in [1.82, 2.24) is 0 Å². The zero-order valence-corrected chi connectivity index (χ0v) is 38.1. The number of ketones is 1. The van der Waals surface area contributed by atoms with Crippen LogP contribution in [0.25, 0.3) is 0 Å². The van der Waals surface area contributed by atoms with Gasteiger partial charge in [0.25, 0.3) is 0 Å². The fourth-order valence-electron chi connectivity index (χ4n) is 6.63. The summed E-state index contributed by atoms with van der Waals surface area (Å²) >= 11 is 0. The van der Waals surface area contributed by atoms with Crippen LogP contribution in [-0.2, 0) is 37.5 Å². The average molecular weight is 855 g/mol. The first-order valence-electron chi connectivity index (χ1n) is 22.5. The summed E-state index contributed by atoms with van der Waals surface area (Å²) in [6, 6.07) is 0. The number of ether oxygens (including phenoxy) is 2. The number of unbranched alkanes of at least 4 members (excludes halogenated alkanes) is 10. The van der Waals surface area contributed by atoms with E-state index in [0.29, 0.717) is 43.1 Å². The van der Waals surface area contributed by atoms with E-state index in [9.17, 15) is 34.1 Å². The number of aliphatic hydroxyl groups excluding tert-OH is 2. The largest absolute Gasteiger partial charge is 0.472 e. The predicted molar refractivity (Wildman–Crippen MR) is 234 cm³/mol. The van der Waals surface area contributed by atoms with E-state index >= 15 is 0 Å². The molecule has 1 aliphatic carbocycles. The van der Waals surface area contributed by atoms with Crippen molar-refractivity contribution in [2.24, 2.45) is 11.8 Å². The second-order valence-corrected chi connectivity index (χ2v) is 18.3. The molecule has 0 radical (unpaired) electrons. The van der Waals surface area contributed by atoms with Crippen LogP contribution in [0.4, 0.5) is 0 Å². The molecule has 0 amide bonds. The standard InChI is InChI=1S/C46H80NO11P/c1-6-8-10-11-12-13-14-15-16-17-18-19-20-21-26-30-45(51)55-37-40(38-57-59(53,54)56-35-34-47(3,4)5)58-46(52)31-27-23-22-25-29-41-42(44(50)36-43(41)49)33-32-39(48)28-24-9-7-2/h12-13,15-16,18-19,32-33,39-43,48-49H,6-11,14,17,20-31,34-38H2,1-5H3/p+1/b13-12-,16-15-,19-18-,33-32+/t39-,40+,41+,42+,43-/m0/s1. The molecule has 12 nitrogen and oxygen atoms in total. The summed E-state index contributed by atoms with van der Waals surface area (Å²) in [6.45, 7) is 3.95. The number of hydrogen-bond acceptors (Lipinski definition) is 10. The van der Waals surface area contributed by atoms with E-state index in [1.54, 1.807) is 12.2 Å². The van der Waals surface area contributed by atoms with Crippen LogP contribution in [0.1, 0.15) is 149 Å². The minimum absolute atomic E-state index is 0.00121. The number of aliphatic hydroxyl groups is 2. The summed E-state index contributed by atoms with van der Waals surface area (Å²) in [5.41, 5.74) is 0. The maximum absolute atomic E-state index is 12.8. The van der Waals surface area contributed by atoms with Crippen molar-refractivity contribution in [2.45, 2.75) is 167 Å². The Kier molecular flexibility index (Phi) is 30.7. The number of carbonyl (C=O) groups excluding carboxylic acids is 3. The van der Waals surface area contributed by atoms with E-state index in [0.717, 1.165) is 64.2 Å². The summed E-state index contributed by atoms with van der Waals surface area (Å²) in [6.07, 6.45) is 30.7. The molecule has 59 heavy (non-hydrogen) atoms. The van der Waals surface area contributed by atoms with Gasteiger partial charge in [-0.15, -0.1) is 0 Å². The lowest BCUT2D eigenvalue weighted by atomic mass is 9.88. The van der Waals surface area contributed by atoms with Crippen molar-refractivity contribution in [2.75, 3.05) is 47.5 Å². The van der Waals surface area contributed by atoms with Gasteiger partial charge in [0.15, 0.2) is 6.10 Å². The Morgan fingerprint density at radius 2 is 1.39 bits per heavy atom. The highest BCUT2D eigenvalue weighted by molar-refractivity contribution is 7.47. The molecule has 13 heteroatoms. The topological polar surface area (TPSA) is 166 Å². The first-order valence-corrected chi connectivity index (χ1v) is 24.0. The van der Waals surface area contributed by atoms with E-state index in [-0.39, 0.29) is 44.2 Å². The summed E-state index contributed by atoms with van der Waals surface area (Å²) in [4.78, 5) is 48.1. The number of nitrogens with zero attached hydrogens (tertiary/aromatic N) is 1. The monoisotopic (exact) mass is 855 g/mol. The van der Waals surface area contributed by atoms with Gasteiger partial charge in [-0.2, -0.15) is 0 Å². The molecule has 3 N–H and O–H groups in total. The van der Waals surface area contributed by atoms with Gasteiger partial charge in [0.2, 0.25) is 0 Å². The molecule has 1 rings (SSSR count). The Morgan fingerprint density at radius 3 is 2.05 bits per heavy atom. The molecule has 0 spiro atoms. The molecule has 0 bridgehead atoms. The Labute approximate surface area is 356 Å². The summed E-state index contributed by atoms with van der Waals surface area (Å²) in [5.74, 6) is -1.60. The Morgan fingerprint density at radius 1 is 0.797 bits per heavy atom. The van der Waals surface area contributed by atoms with Gasteiger partial charge in [-0.1, -0.05) is 114 Å². The lowest BCUT2D eigenvalue weighted by Crippen LogP contribution is -2.37. The number of phosphoric ester groups is 1. The Hall–Kier alpha value is -2.44. The van der Waals surface area contributed by atoms with Gasteiger partial charge in [0.1, 0.15) is 25.5 Å². The zero-order valence-electron chi connectivity index (χ0n) is 37.2. The summed E-state index contributed by atoms with van der Waals surface area (Å²) in [5, 5.41) is 20.8. The van der Waals surface area contributed by atoms with Crippen LogP contribution >= 0.6 is 7.82 Å². The number of quaternary nitrogens is 1. The molecule has 1 fully saturated rings. The van der Waals surface area contributed by atoms with Crippen LogP contribution in [0.2, 0.25) is 0 Å². The first-order chi connectivity index (χ1) is 28.2. The average Bonchev–Trinajstić information content (AvgIpc) is 3.44. The minimum atomic E-state index is -4.45. The Balaban J connectivity index is 2.51. The van der Waals surface area contributed by atoms with Gasteiger partial charge in [0.05, 0.1) is 40.0 Å². The van der Waals surface area contributed by atoms with Crippen molar-refractivity contribution in [3.8, 4) is 0 Å². The molecule has 0 aromatic rings. The Bertz CT molecular complexity index is 1310. The van der Waals surface area contributed by atoms with Crippen LogP contribution in [0.15, 0.2) is 48.6 Å². The highest BCUT2D eigenvalue weighted by Crippen LogP contribution is 2.43. The maximum Gasteiger partial charge on any atom is 0.472 e. The molecule has 1 saturated carbocycles. The fraction of sp³-hybridized carbons (Fsp3) is 0.761. The van der Waals surface area contributed by atoms with Gasteiger partial charge >= 0.3 is 19.8 Å². The second kappa shape index (κ2) is 33.2. The molecule has 0 saturated heterocycles. The van der Waals surface area contributed by atoms with Crippen LogP contribution < -0.4 is 0 Å². The van der Waals surface area contributed by atoms with Gasteiger partial charge < -0.3 is 29.1 Å². The van der Waals surface area contributed by atoms with E-state index in [1.807, 2.05) is 21.1 Å². The summed E-state index contributed by atoms with van der Waals surface area (Å²) < 4.78 is 34.2. The lowest BCUT2D eigenvalue weighted by Gasteiger charge is -2.24. The van der Waals surface area contributed by atoms with Gasteiger partial charge in [-0.3, -0.25) is 23.4 Å². The molecule has 0 aliphatic heterocycles. The van der Waals surface area contributed by atoms with Crippen molar-refractivity contribution in [1.29, 1.82) is 0 Å². The van der Waals surface area contributed by atoms with Crippen LogP contribution in [-0.4, -0.2) is 103 Å². The van der Waals surface area contributed by atoms with Gasteiger partial charge in [-0.25, -0.2) is 4.57 Å². The second-order valence-electron chi connectivity index (χ2n) is 16.9. The fourth-order valence-corrected chi connectivity index (χ4v) is 7.37. The number of rotatable bonds is 36. The first kappa shape index (κ1) is 54.6. The van der Waals surface area contributed by atoms with E-state index in [1.165, 1.54) is 19.3 Å². The molecule has 6 atom stereocenters. The molecule has 0 aromatic heterocycles. The number of hydrogen-bond donors (Lipinski definition) is 3. The SMILES string of the molecule is CCCCC/C=C\C/C=C\C/C=C\CCCCC(=O)OC[C@H](COP(=O)(O)OCC[N+](C)(C)C)OC(=O)CCCCCC[C@H]1[C@@H](O)CC(=O)[C@@H]1/C=C/[C@@H](O)CCCCC. The lowest BCUT2D eigenvalue weighted by molar-refractivity contribution is -0.870. The molecular formula is C46H81NO11P+. The number of Topliss-reactive ketones (excluding diaryl/α,β-unsaturated/α-hetero) is 1. The number of phosphoric acid groups is 1. The third-order valence-corrected chi connectivity index (χ3v) is 11.2. The van der Waals surface area contributed by atoms with E-state index in [2.05, 4.69) is 50.3 Å². The zero-order chi connectivity index (χ0) is 43.8. The quantitative estimate of drug-likeness (QED) is 0.0181. The predicted octanol–water partition coefficient (Wildman–Crippen LogP) is 9.27. The van der Waals surface area contributed by atoms with Crippen molar-refractivity contribution in [3.63, 3.8) is 0 Å². The molecule has 1 aliphatic rings. The highest BCUT2D eigenvalue weighted by atomic mass is 31.2. The van der Waals surface area contributed by atoms with Crippen LogP contribution in [0, 0.1) is 11.8 Å². The molecule has 1 unspecified atom stereocenters. The third kappa shape index (κ3) is 30.3. The maximum atomic E-state index is 12.8. The van der Waals surface area contributed by atoms with Gasteiger partial charge in [0, 0.05) is 25.2 Å². The molecule has 0 heterocycles. The number of carbonyl (C=O) groups is 3. The number of allylic oxidation sites excluding steroid dienone is 7. The number of likely N-dealkylation sites (N-methyl/N-ethyl adjacent to an activating group) is 1. The van der Waals surface area contributed by atoms with Crippen molar-refractivity contribution < 1.29 is 57.1 Å². The summed E-state index contributed by atoms with van der Waals surface area (Å²) in [7, 11) is 1.30. The van der Waals surface area contributed by atoms with Crippen molar-refractivity contribution in [3.05, 3.63) is 48.6 Å².